The van der Waals surface area contributed by atoms with Crippen molar-refractivity contribution < 1.29 is 8.78 Å². The van der Waals surface area contributed by atoms with Crippen molar-refractivity contribution in [2.75, 3.05) is 0 Å². The Balaban J connectivity index is 1.44. The molecular weight excluding hydrogens is 350 g/mol. The van der Waals surface area contributed by atoms with E-state index in [1.165, 1.54) is 61.8 Å². The maximum Gasteiger partial charge on any atom is 0.131 e. The molecule has 0 nitrogen and oxygen atoms in total. The molecule has 0 aromatic heterocycles. The lowest BCUT2D eigenvalue weighted by Crippen LogP contribution is -2.14. The Morgan fingerprint density at radius 2 is 1.61 bits per heavy atom. The van der Waals surface area contributed by atoms with Crippen molar-refractivity contribution in [1.82, 2.24) is 0 Å². The Morgan fingerprint density at radius 3 is 2.32 bits per heavy atom. The van der Waals surface area contributed by atoms with Crippen LogP contribution in [0, 0.1) is 23.5 Å². The monoisotopic (exact) mass is 380 g/mol. The van der Waals surface area contributed by atoms with Crippen LogP contribution in [0.25, 0.3) is 17.2 Å². The maximum absolute atomic E-state index is 14.7. The zero-order chi connectivity index (χ0) is 19.5. The van der Waals surface area contributed by atoms with Crippen LogP contribution in [0.5, 0.6) is 0 Å². The summed E-state index contributed by atoms with van der Waals surface area (Å²) in [5.41, 5.74) is 5.01. The summed E-state index contributed by atoms with van der Waals surface area (Å²) in [5, 5.41) is 0. The molecule has 1 fully saturated rings. The highest BCUT2D eigenvalue weighted by Gasteiger charge is 2.21. The van der Waals surface area contributed by atoms with Crippen LogP contribution >= 0.6 is 0 Å². The fourth-order valence-electron chi connectivity index (χ4n) is 4.94. The third-order valence-electron chi connectivity index (χ3n) is 6.88. The predicted octanol–water partition coefficient (Wildman–Crippen LogP) is 7.96. The van der Waals surface area contributed by atoms with Gasteiger partial charge < -0.3 is 0 Å². The van der Waals surface area contributed by atoms with Crippen molar-refractivity contribution in [3.8, 4) is 11.1 Å². The SMILES string of the molecule is CCC1CCC(CCC2=Cc3cc(F)c(-c4ccc(F)cc4)cc3CC2)CC1. The Labute approximate surface area is 167 Å². The molecule has 2 aliphatic rings. The summed E-state index contributed by atoms with van der Waals surface area (Å²) < 4.78 is 27.9. The number of rotatable bonds is 5. The highest BCUT2D eigenvalue weighted by atomic mass is 19.1. The van der Waals surface area contributed by atoms with E-state index in [0.29, 0.717) is 5.56 Å². The second-order valence-corrected chi connectivity index (χ2v) is 8.67. The van der Waals surface area contributed by atoms with E-state index in [2.05, 4.69) is 13.0 Å². The van der Waals surface area contributed by atoms with E-state index in [4.69, 9.17) is 0 Å². The molecule has 0 spiro atoms. The molecule has 0 saturated heterocycles. The second kappa shape index (κ2) is 8.59. The first kappa shape index (κ1) is 19.4. The van der Waals surface area contributed by atoms with E-state index >= 15 is 0 Å². The summed E-state index contributed by atoms with van der Waals surface area (Å²) >= 11 is 0. The molecule has 0 amide bonds. The Morgan fingerprint density at radius 1 is 0.893 bits per heavy atom. The molecule has 2 heteroatoms. The summed E-state index contributed by atoms with van der Waals surface area (Å²) in [5.74, 6) is 1.32. The van der Waals surface area contributed by atoms with Gasteiger partial charge in [0.25, 0.3) is 0 Å². The van der Waals surface area contributed by atoms with Crippen LogP contribution in [0.2, 0.25) is 0 Å². The first-order valence-corrected chi connectivity index (χ1v) is 10.9. The van der Waals surface area contributed by atoms with Gasteiger partial charge in [0.15, 0.2) is 0 Å². The molecular formula is C26H30F2. The van der Waals surface area contributed by atoms with E-state index < -0.39 is 0 Å². The van der Waals surface area contributed by atoms with Crippen LogP contribution in [0.3, 0.4) is 0 Å². The van der Waals surface area contributed by atoms with Gasteiger partial charge in [-0.15, -0.1) is 0 Å². The largest absolute Gasteiger partial charge is 0.207 e. The van der Waals surface area contributed by atoms with Crippen LogP contribution in [0.15, 0.2) is 42.0 Å². The fourth-order valence-corrected chi connectivity index (χ4v) is 4.94. The molecule has 2 aromatic rings. The topological polar surface area (TPSA) is 0 Å². The highest BCUT2D eigenvalue weighted by molar-refractivity contribution is 5.70. The maximum atomic E-state index is 14.7. The normalized spacial score (nSPS) is 21.9. The van der Waals surface area contributed by atoms with Gasteiger partial charge in [-0.1, -0.05) is 62.8 Å². The number of fused-ring (bicyclic) bond motifs is 1. The molecule has 0 atom stereocenters. The van der Waals surface area contributed by atoms with Crippen molar-refractivity contribution >= 4 is 6.08 Å². The number of halogens is 2. The first-order valence-electron chi connectivity index (χ1n) is 10.9. The summed E-state index contributed by atoms with van der Waals surface area (Å²) in [7, 11) is 0. The number of hydrogen-bond acceptors (Lipinski definition) is 0. The number of allylic oxidation sites excluding steroid dienone is 1. The van der Waals surface area contributed by atoms with E-state index in [1.807, 2.05) is 6.07 Å². The first-order chi connectivity index (χ1) is 13.6. The number of hydrogen-bond donors (Lipinski definition) is 0. The molecule has 1 saturated carbocycles. The number of benzene rings is 2. The molecule has 2 aromatic carbocycles. The lowest BCUT2D eigenvalue weighted by Gasteiger charge is -2.28. The molecule has 0 unspecified atom stereocenters. The van der Waals surface area contributed by atoms with Gasteiger partial charge in [0.05, 0.1) is 0 Å². The summed E-state index contributed by atoms with van der Waals surface area (Å²) in [6.07, 6.45) is 13.6. The van der Waals surface area contributed by atoms with Crippen LogP contribution in [0.4, 0.5) is 8.78 Å². The molecule has 0 bridgehead atoms. The standard InChI is InChI=1S/C26H30F2/c1-2-18-3-5-19(6-4-18)7-8-20-9-10-22-16-25(26(28)17-23(22)15-20)21-11-13-24(27)14-12-21/h11-19H,2-10H2,1H3. The summed E-state index contributed by atoms with van der Waals surface area (Å²) in [6, 6.07) is 9.70. The van der Waals surface area contributed by atoms with Crippen molar-refractivity contribution in [1.29, 1.82) is 0 Å². The zero-order valence-electron chi connectivity index (χ0n) is 16.8. The van der Waals surface area contributed by atoms with Crippen molar-refractivity contribution in [3.05, 3.63) is 64.7 Å². The molecule has 0 radical (unpaired) electrons. The van der Waals surface area contributed by atoms with Gasteiger partial charge in [-0.2, -0.15) is 0 Å². The molecule has 0 aliphatic heterocycles. The van der Waals surface area contributed by atoms with Gasteiger partial charge in [-0.25, -0.2) is 8.78 Å². The minimum absolute atomic E-state index is 0.222. The average Bonchev–Trinajstić information content (AvgIpc) is 2.72. The lowest BCUT2D eigenvalue weighted by molar-refractivity contribution is 0.258. The van der Waals surface area contributed by atoms with Gasteiger partial charge in [0.2, 0.25) is 0 Å². The Kier molecular flexibility index (Phi) is 5.94. The molecule has 2 aliphatic carbocycles. The summed E-state index contributed by atoms with van der Waals surface area (Å²) in [6.45, 7) is 2.32. The van der Waals surface area contributed by atoms with Crippen LogP contribution in [-0.2, 0) is 6.42 Å². The predicted molar refractivity (Wildman–Crippen MR) is 113 cm³/mol. The second-order valence-electron chi connectivity index (χ2n) is 8.67. The van der Waals surface area contributed by atoms with E-state index in [0.717, 1.165) is 42.2 Å². The number of aryl methyl sites for hydroxylation is 1. The Hall–Kier alpha value is -1.96. The van der Waals surface area contributed by atoms with Gasteiger partial charge >= 0.3 is 0 Å². The average molecular weight is 381 g/mol. The van der Waals surface area contributed by atoms with E-state index in [1.54, 1.807) is 18.2 Å². The third kappa shape index (κ3) is 4.37. The molecule has 0 N–H and O–H groups in total. The van der Waals surface area contributed by atoms with Crippen molar-refractivity contribution in [2.24, 2.45) is 11.8 Å². The van der Waals surface area contributed by atoms with Gasteiger partial charge in [0, 0.05) is 5.56 Å². The van der Waals surface area contributed by atoms with Crippen molar-refractivity contribution in [2.45, 2.75) is 64.7 Å². The quantitative estimate of drug-likeness (QED) is 0.493. The van der Waals surface area contributed by atoms with Crippen LogP contribution < -0.4 is 0 Å². The third-order valence-corrected chi connectivity index (χ3v) is 6.88. The molecule has 148 valence electrons. The molecule has 0 heterocycles. The van der Waals surface area contributed by atoms with E-state index in [-0.39, 0.29) is 11.6 Å². The van der Waals surface area contributed by atoms with Crippen LogP contribution in [-0.4, -0.2) is 0 Å². The lowest BCUT2D eigenvalue weighted by atomic mass is 9.78. The highest BCUT2D eigenvalue weighted by Crippen LogP contribution is 2.36. The minimum atomic E-state index is -0.294. The van der Waals surface area contributed by atoms with Gasteiger partial charge in [0.1, 0.15) is 11.6 Å². The molecule has 4 rings (SSSR count). The zero-order valence-corrected chi connectivity index (χ0v) is 16.8. The summed E-state index contributed by atoms with van der Waals surface area (Å²) in [4.78, 5) is 0. The Bertz CT molecular complexity index is 839. The smallest absolute Gasteiger partial charge is 0.131 e. The molecule has 28 heavy (non-hydrogen) atoms. The van der Waals surface area contributed by atoms with Gasteiger partial charge in [-0.3, -0.25) is 0 Å². The van der Waals surface area contributed by atoms with Gasteiger partial charge in [-0.05, 0) is 78.5 Å². The van der Waals surface area contributed by atoms with E-state index in [9.17, 15) is 8.78 Å². The van der Waals surface area contributed by atoms with Crippen molar-refractivity contribution in [3.63, 3.8) is 0 Å². The fraction of sp³-hybridized carbons (Fsp3) is 0.462. The van der Waals surface area contributed by atoms with Crippen LogP contribution in [0.1, 0.15) is 69.4 Å². The minimum Gasteiger partial charge on any atom is -0.207 e.